The summed E-state index contributed by atoms with van der Waals surface area (Å²) in [6.07, 6.45) is 0. The van der Waals surface area contributed by atoms with Crippen molar-refractivity contribution in [2.75, 3.05) is 0 Å². The van der Waals surface area contributed by atoms with Crippen LogP contribution in [-0.4, -0.2) is 52.4 Å². The molecule has 0 amide bonds. The van der Waals surface area contributed by atoms with E-state index in [0.29, 0.717) is 0 Å². The zero-order valence-electron chi connectivity index (χ0n) is 5.40. The predicted octanol–water partition coefficient (Wildman–Crippen LogP) is -1.09. The van der Waals surface area contributed by atoms with Gasteiger partial charge in [-0.2, -0.15) is 0 Å². The van der Waals surface area contributed by atoms with E-state index in [-0.39, 0.29) is 62.3 Å². The van der Waals surface area contributed by atoms with Crippen LogP contribution < -0.4 is 0 Å². The maximum atomic E-state index is 8.88. The summed E-state index contributed by atoms with van der Waals surface area (Å²) in [6.45, 7) is 0. The average Bonchev–Trinajstić information content (AvgIpc) is 0.722. The van der Waals surface area contributed by atoms with Gasteiger partial charge in [0.15, 0.2) is 0 Å². The summed E-state index contributed by atoms with van der Waals surface area (Å²) in [5.41, 5.74) is 0. The Balaban J connectivity index is -0.0000000133. The Hall–Kier alpha value is 2.08. The molecule has 0 radical (unpaired) electrons. The smallest absolute Gasteiger partial charge is 1.00 e. The van der Waals surface area contributed by atoms with Gasteiger partial charge in [-0.3, -0.25) is 0 Å². The molecule has 0 aliphatic heterocycles. The number of rotatable bonds is 0. The molecule has 0 bridgehead atoms. The first-order valence-electron chi connectivity index (χ1n) is 0.783. The molecule has 4 nitrogen and oxygen atoms in total. The number of hydrogen-bond acceptors (Lipinski definition) is 1. The van der Waals surface area contributed by atoms with E-state index in [1.807, 2.05) is 0 Å². The zero-order valence-corrected chi connectivity index (χ0v) is 8.07. The van der Waals surface area contributed by atoms with Crippen LogP contribution in [-0.2, 0) is 26.3 Å². The first kappa shape index (κ1) is 16.0. The van der Waals surface area contributed by atoms with Crippen LogP contribution in [0.25, 0.3) is 0 Å². The number of phosphoric acid groups is 1. The third-order valence-electron chi connectivity index (χ3n) is 0. The average molecular weight is 188 g/mol. The van der Waals surface area contributed by atoms with E-state index >= 15 is 0 Å². The monoisotopic (exact) mass is 188 g/mol. The molecule has 40 valence electrons. The van der Waals surface area contributed by atoms with Gasteiger partial charge < -0.3 is 17.5 Å². The standard InChI is InChI=1S/Ca.H3O4P.Ti.2H/c;1-5(2,3)4;;;/h;(H3,1,2,3,4);;;/q+2;;;2*-1. The number of hydrogen-bond donors (Lipinski definition) is 3. The fourth-order valence-corrected chi connectivity index (χ4v) is 0. The molecule has 0 aliphatic carbocycles. The third kappa shape index (κ3) is 68.9. The van der Waals surface area contributed by atoms with Crippen LogP contribution >= 0.6 is 7.82 Å². The normalized spacial score (nSPS) is 8.43. The van der Waals surface area contributed by atoms with E-state index in [2.05, 4.69) is 0 Å². The molecule has 7 heavy (non-hydrogen) atoms. The van der Waals surface area contributed by atoms with Crippen molar-refractivity contribution >= 4 is 45.6 Å². The third-order valence-corrected chi connectivity index (χ3v) is 0. The van der Waals surface area contributed by atoms with E-state index in [1.54, 1.807) is 0 Å². The minimum absolute atomic E-state index is 0. The van der Waals surface area contributed by atoms with Crippen LogP contribution in [0.15, 0.2) is 0 Å². The molecule has 0 unspecified atom stereocenters. The first-order chi connectivity index (χ1) is 2.00. The molecule has 0 saturated carbocycles. The predicted molar refractivity (Wildman–Crippen MR) is 22.2 cm³/mol. The van der Waals surface area contributed by atoms with Crippen molar-refractivity contribution in [2.45, 2.75) is 0 Å². The fourth-order valence-electron chi connectivity index (χ4n) is 0. The molecule has 0 rings (SSSR count). The Bertz CT molecular complexity index is 64.7. The van der Waals surface area contributed by atoms with Gasteiger partial charge in [-0.05, 0) is 0 Å². The quantitative estimate of drug-likeness (QED) is 0.333. The minimum atomic E-state index is -4.64. The SMILES string of the molecule is O=P(O)(O)O.[Ca+2].[H-].[H-].[Ti]. The van der Waals surface area contributed by atoms with Gasteiger partial charge in [0, 0.05) is 21.7 Å². The van der Waals surface area contributed by atoms with Gasteiger partial charge in [-0.1, -0.05) is 0 Å². The van der Waals surface area contributed by atoms with Crippen LogP contribution in [0.1, 0.15) is 2.85 Å². The Kier molecular flexibility index (Phi) is 14.2. The van der Waals surface area contributed by atoms with Crippen molar-refractivity contribution < 1.29 is 43.8 Å². The molecule has 0 aliphatic rings. The van der Waals surface area contributed by atoms with Crippen LogP contribution in [0.2, 0.25) is 0 Å². The molecule has 0 spiro atoms. The van der Waals surface area contributed by atoms with Crippen molar-refractivity contribution in [2.24, 2.45) is 0 Å². The maximum Gasteiger partial charge on any atom is 2.00 e. The molecular formula is H5CaO4PTi. The molecule has 0 aromatic rings. The topological polar surface area (TPSA) is 77.8 Å². The second kappa shape index (κ2) is 6.21. The van der Waals surface area contributed by atoms with Crippen molar-refractivity contribution in [1.82, 2.24) is 0 Å². The summed E-state index contributed by atoms with van der Waals surface area (Å²) < 4.78 is 8.88. The Morgan fingerprint density at radius 2 is 1.29 bits per heavy atom. The van der Waals surface area contributed by atoms with Crippen molar-refractivity contribution in [1.29, 1.82) is 0 Å². The Labute approximate surface area is 88.4 Å². The fraction of sp³-hybridized carbons (Fsp3) is 0. The van der Waals surface area contributed by atoms with Crippen molar-refractivity contribution in [3.8, 4) is 0 Å². The first-order valence-corrected chi connectivity index (χ1v) is 2.35. The van der Waals surface area contributed by atoms with Gasteiger partial charge in [-0.15, -0.1) is 0 Å². The van der Waals surface area contributed by atoms with Crippen LogP contribution in [0.5, 0.6) is 0 Å². The van der Waals surface area contributed by atoms with Gasteiger partial charge in [0.2, 0.25) is 0 Å². The molecule has 3 N–H and O–H groups in total. The van der Waals surface area contributed by atoms with Crippen LogP contribution in [0.4, 0.5) is 0 Å². The molecule has 0 saturated heterocycles. The second-order valence-corrected chi connectivity index (χ2v) is 1.54. The summed E-state index contributed by atoms with van der Waals surface area (Å²) in [4.78, 5) is 21.6. The Morgan fingerprint density at radius 1 is 1.29 bits per heavy atom. The summed E-state index contributed by atoms with van der Waals surface area (Å²) in [6, 6.07) is 0. The minimum Gasteiger partial charge on any atom is -1.00 e. The Morgan fingerprint density at radius 3 is 1.29 bits per heavy atom. The summed E-state index contributed by atoms with van der Waals surface area (Å²) in [5.74, 6) is 0. The molecule has 0 heterocycles. The van der Waals surface area contributed by atoms with E-state index in [0.717, 1.165) is 0 Å². The van der Waals surface area contributed by atoms with E-state index < -0.39 is 7.82 Å². The van der Waals surface area contributed by atoms with Gasteiger partial charge in [-0.25, -0.2) is 4.57 Å². The second-order valence-electron chi connectivity index (χ2n) is 0.513. The summed E-state index contributed by atoms with van der Waals surface area (Å²) in [5, 5.41) is 0. The van der Waals surface area contributed by atoms with Gasteiger partial charge in [0.05, 0.1) is 0 Å². The zero-order chi connectivity index (χ0) is 4.50. The van der Waals surface area contributed by atoms with E-state index in [4.69, 9.17) is 19.2 Å². The largest absolute Gasteiger partial charge is 2.00 e. The van der Waals surface area contributed by atoms with E-state index in [1.165, 1.54) is 0 Å². The van der Waals surface area contributed by atoms with Gasteiger partial charge >= 0.3 is 45.6 Å². The molecular weight excluding hydrogens is 183 g/mol. The summed E-state index contributed by atoms with van der Waals surface area (Å²) in [7, 11) is -4.64. The van der Waals surface area contributed by atoms with Crippen LogP contribution in [0.3, 0.4) is 0 Å². The van der Waals surface area contributed by atoms with E-state index in [9.17, 15) is 0 Å². The summed E-state index contributed by atoms with van der Waals surface area (Å²) >= 11 is 0. The molecule has 0 aromatic carbocycles. The van der Waals surface area contributed by atoms with Crippen molar-refractivity contribution in [3.05, 3.63) is 0 Å². The molecule has 7 heteroatoms. The van der Waals surface area contributed by atoms with Gasteiger partial charge in [0.25, 0.3) is 0 Å². The van der Waals surface area contributed by atoms with Crippen LogP contribution in [0, 0.1) is 0 Å². The molecule has 0 aromatic heterocycles. The molecule has 0 fully saturated rings. The van der Waals surface area contributed by atoms with Gasteiger partial charge in [0.1, 0.15) is 0 Å². The van der Waals surface area contributed by atoms with Crippen molar-refractivity contribution in [3.63, 3.8) is 0 Å². The molecule has 0 atom stereocenters. The maximum absolute atomic E-state index is 8.88.